The number of thiazole rings is 1. The van der Waals surface area contributed by atoms with Gasteiger partial charge in [-0.3, -0.25) is 10.1 Å². The molecule has 0 atom stereocenters. The molecule has 0 aliphatic carbocycles. The lowest BCUT2D eigenvalue weighted by atomic mass is 10.3. The molecule has 124 valence electrons. The van der Waals surface area contributed by atoms with Crippen molar-refractivity contribution in [2.45, 2.75) is 0 Å². The van der Waals surface area contributed by atoms with E-state index in [1.165, 1.54) is 29.8 Å². The molecule has 0 spiro atoms. The smallest absolute Gasteiger partial charge is 0.413 e. The summed E-state index contributed by atoms with van der Waals surface area (Å²) in [6.07, 6.45) is -0.802. The molecular weight excluding hydrogens is 350 g/mol. The molecule has 0 aliphatic rings. The fraction of sp³-hybridized carbons (Fsp3) is 0.133. The van der Waals surface area contributed by atoms with E-state index in [9.17, 15) is 9.59 Å². The number of carbonyl (C=O) groups excluding carboxylic acids is 2. The molecule has 0 aliphatic heterocycles. The highest BCUT2D eigenvalue weighted by atomic mass is 32.1. The van der Waals surface area contributed by atoms with Crippen molar-refractivity contribution < 1.29 is 19.1 Å². The van der Waals surface area contributed by atoms with Crippen molar-refractivity contribution >= 4 is 55.0 Å². The van der Waals surface area contributed by atoms with Crippen LogP contribution in [0.15, 0.2) is 29.6 Å². The molecule has 1 aromatic carbocycles. The van der Waals surface area contributed by atoms with E-state index in [4.69, 9.17) is 4.74 Å². The Morgan fingerprint density at radius 3 is 2.79 bits per heavy atom. The van der Waals surface area contributed by atoms with Gasteiger partial charge in [0, 0.05) is 0 Å². The summed E-state index contributed by atoms with van der Waals surface area (Å²) >= 11 is 2.79. The molecule has 2 heterocycles. The fourth-order valence-corrected chi connectivity index (χ4v) is 3.73. The Morgan fingerprint density at radius 2 is 2.04 bits per heavy atom. The number of rotatable bonds is 4. The number of methoxy groups -OCH3 is 2. The summed E-state index contributed by atoms with van der Waals surface area (Å²) in [7, 11) is 2.81. The first-order chi connectivity index (χ1) is 11.6. The second-order valence-electron chi connectivity index (χ2n) is 4.59. The van der Waals surface area contributed by atoms with Crippen LogP contribution in [0.3, 0.4) is 0 Å². The van der Waals surface area contributed by atoms with E-state index in [2.05, 4.69) is 20.4 Å². The second-order valence-corrected chi connectivity index (χ2v) is 6.53. The zero-order valence-electron chi connectivity index (χ0n) is 12.8. The van der Waals surface area contributed by atoms with Crippen LogP contribution in [0, 0.1) is 0 Å². The Bertz CT molecular complexity index is 903. The Hall–Kier alpha value is -2.65. The van der Waals surface area contributed by atoms with Gasteiger partial charge in [-0.15, -0.1) is 11.3 Å². The lowest BCUT2D eigenvalue weighted by Crippen LogP contribution is -2.30. The summed E-state index contributed by atoms with van der Waals surface area (Å²) in [5, 5.41) is 8.26. The van der Waals surface area contributed by atoms with Gasteiger partial charge >= 0.3 is 6.09 Å². The first-order valence-corrected chi connectivity index (χ1v) is 8.48. The van der Waals surface area contributed by atoms with Gasteiger partial charge < -0.3 is 14.8 Å². The number of benzene rings is 1. The number of imide groups is 1. The van der Waals surface area contributed by atoms with Gasteiger partial charge in [-0.05, 0) is 29.6 Å². The normalized spacial score (nSPS) is 10.4. The molecule has 24 heavy (non-hydrogen) atoms. The molecule has 7 nitrogen and oxygen atoms in total. The van der Waals surface area contributed by atoms with Crippen molar-refractivity contribution in [1.82, 2.24) is 10.3 Å². The number of fused-ring (bicyclic) bond motifs is 1. The van der Waals surface area contributed by atoms with Gasteiger partial charge in [0.05, 0.1) is 30.0 Å². The maximum Gasteiger partial charge on any atom is 0.413 e. The van der Waals surface area contributed by atoms with Crippen LogP contribution in [-0.4, -0.2) is 31.2 Å². The summed E-state index contributed by atoms with van der Waals surface area (Å²) in [6, 6.07) is 7.24. The molecule has 0 fully saturated rings. The van der Waals surface area contributed by atoms with Gasteiger partial charge in [-0.1, -0.05) is 11.3 Å². The minimum Gasteiger partial charge on any atom is -0.497 e. The van der Waals surface area contributed by atoms with E-state index < -0.39 is 12.0 Å². The van der Waals surface area contributed by atoms with Crippen molar-refractivity contribution in [2.75, 3.05) is 19.5 Å². The summed E-state index contributed by atoms with van der Waals surface area (Å²) in [5.74, 6) is 0.223. The van der Waals surface area contributed by atoms with Crippen LogP contribution in [0.2, 0.25) is 0 Å². The topological polar surface area (TPSA) is 89.5 Å². The fourth-order valence-electron chi connectivity index (χ4n) is 1.98. The van der Waals surface area contributed by atoms with Crippen LogP contribution < -0.4 is 15.4 Å². The van der Waals surface area contributed by atoms with Crippen molar-refractivity contribution in [3.05, 3.63) is 35.2 Å². The number of ether oxygens (including phenoxy) is 2. The molecule has 2 N–H and O–H groups in total. The molecule has 2 aromatic heterocycles. The lowest BCUT2D eigenvalue weighted by molar-refractivity contribution is 0.0938. The zero-order valence-corrected chi connectivity index (χ0v) is 14.4. The van der Waals surface area contributed by atoms with Crippen molar-refractivity contribution in [1.29, 1.82) is 0 Å². The number of carbonyl (C=O) groups is 2. The van der Waals surface area contributed by atoms with E-state index in [1.807, 2.05) is 18.2 Å². The Kier molecular flexibility index (Phi) is 4.63. The standard InChI is InChI=1S/C15H13N3O4S2/c1-21-8-3-4-10-11(7-8)24-14(16-10)18-13-9(5-6-23-13)12(19)17-15(20)22-2/h3-7H,1-2H3,(H,16,18)(H,17,19,20). The number of amides is 2. The third-order valence-electron chi connectivity index (χ3n) is 3.13. The van der Waals surface area contributed by atoms with Crippen molar-refractivity contribution in [3.8, 4) is 5.75 Å². The third-order valence-corrected chi connectivity index (χ3v) is 4.89. The molecule has 0 saturated carbocycles. The monoisotopic (exact) mass is 363 g/mol. The van der Waals surface area contributed by atoms with Crippen LogP contribution in [-0.2, 0) is 4.74 Å². The maximum atomic E-state index is 12.1. The highest BCUT2D eigenvalue weighted by Gasteiger charge is 2.17. The zero-order chi connectivity index (χ0) is 17.1. The largest absolute Gasteiger partial charge is 0.497 e. The minimum atomic E-state index is -0.802. The molecule has 9 heteroatoms. The minimum absolute atomic E-state index is 0.349. The van der Waals surface area contributed by atoms with E-state index in [0.717, 1.165) is 16.0 Å². The average Bonchev–Trinajstić information content (AvgIpc) is 3.20. The van der Waals surface area contributed by atoms with Gasteiger partial charge in [0.2, 0.25) is 0 Å². The SMILES string of the molecule is COC(=O)NC(=O)c1ccsc1Nc1nc2ccc(OC)cc2s1. The molecule has 0 bridgehead atoms. The molecule has 0 unspecified atom stereocenters. The van der Waals surface area contributed by atoms with Crippen LogP contribution >= 0.6 is 22.7 Å². The van der Waals surface area contributed by atoms with Gasteiger partial charge in [-0.2, -0.15) is 0 Å². The van der Waals surface area contributed by atoms with Gasteiger partial charge in [-0.25, -0.2) is 9.78 Å². The highest BCUT2D eigenvalue weighted by Crippen LogP contribution is 2.33. The maximum absolute atomic E-state index is 12.1. The average molecular weight is 363 g/mol. The van der Waals surface area contributed by atoms with Gasteiger partial charge in [0.15, 0.2) is 5.13 Å². The molecule has 0 radical (unpaired) electrons. The molecule has 0 saturated heterocycles. The number of hydrogen-bond acceptors (Lipinski definition) is 8. The van der Waals surface area contributed by atoms with Crippen molar-refractivity contribution in [3.63, 3.8) is 0 Å². The number of hydrogen-bond donors (Lipinski definition) is 2. The van der Waals surface area contributed by atoms with E-state index in [-0.39, 0.29) is 0 Å². The molecular formula is C15H13N3O4S2. The molecule has 3 aromatic rings. The number of thiophene rings is 1. The quantitative estimate of drug-likeness (QED) is 0.736. The van der Waals surface area contributed by atoms with Crippen LogP contribution in [0.5, 0.6) is 5.75 Å². The number of anilines is 2. The van der Waals surface area contributed by atoms with Crippen LogP contribution in [0.1, 0.15) is 10.4 Å². The summed E-state index contributed by atoms with van der Waals surface area (Å²) in [5.41, 5.74) is 1.18. The highest BCUT2D eigenvalue weighted by molar-refractivity contribution is 7.22. The first-order valence-electron chi connectivity index (χ1n) is 6.79. The summed E-state index contributed by atoms with van der Waals surface area (Å²) in [4.78, 5) is 27.7. The Labute approximate surface area is 145 Å². The molecule has 2 amide bonds. The van der Waals surface area contributed by atoms with E-state index >= 15 is 0 Å². The number of nitrogens with one attached hydrogen (secondary N) is 2. The second kappa shape index (κ2) is 6.85. The van der Waals surface area contributed by atoms with Crippen LogP contribution in [0.25, 0.3) is 10.2 Å². The predicted molar refractivity (Wildman–Crippen MR) is 93.6 cm³/mol. The first kappa shape index (κ1) is 16.2. The lowest BCUT2D eigenvalue weighted by Gasteiger charge is -2.04. The number of nitrogens with zero attached hydrogens (tertiary/aromatic N) is 1. The van der Waals surface area contributed by atoms with Gasteiger partial charge in [0.1, 0.15) is 10.8 Å². The summed E-state index contributed by atoms with van der Waals surface area (Å²) in [6.45, 7) is 0. The van der Waals surface area contributed by atoms with E-state index in [1.54, 1.807) is 18.6 Å². The van der Waals surface area contributed by atoms with Crippen molar-refractivity contribution in [2.24, 2.45) is 0 Å². The summed E-state index contributed by atoms with van der Waals surface area (Å²) < 4.78 is 10.6. The number of alkyl carbamates (subject to hydrolysis) is 1. The Balaban J connectivity index is 1.83. The predicted octanol–water partition coefficient (Wildman–Crippen LogP) is 3.61. The van der Waals surface area contributed by atoms with E-state index in [0.29, 0.717) is 15.7 Å². The number of aromatic nitrogens is 1. The Morgan fingerprint density at radius 1 is 1.21 bits per heavy atom. The third kappa shape index (κ3) is 3.31. The van der Waals surface area contributed by atoms with Crippen LogP contribution in [0.4, 0.5) is 14.9 Å². The van der Waals surface area contributed by atoms with Gasteiger partial charge in [0.25, 0.3) is 5.91 Å². The molecule has 3 rings (SSSR count).